The molecule has 2 aromatic rings. The molecule has 4 heterocycles. The maximum absolute atomic E-state index is 14.8. The van der Waals surface area contributed by atoms with Gasteiger partial charge in [0.25, 0.3) is 5.91 Å². The van der Waals surface area contributed by atoms with Crippen LogP contribution in [-0.4, -0.2) is 76.1 Å². The molecule has 1 N–H and O–H groups in total. The van der Waals surface area contributed by atoms with Crippen molar-refractivity contribution >= 4 is 23.4 Å². The van der Waals surface area contributed by atoms with Crippen molar-refractivity contribution < 1.29 is 24.2 Å². The number of ether oxygens (including phenoxy) is 1. The Kier molecular flexibility index (Phi) is 7.77. The van der Waals surface area contributed by atoms with Crippen molar-refractivity contribution in [3.05, 3.63) is 89.5 Å². The first kappa shape index (κ1) is 29.3. The van der Waals surface area contributed by atoms with Crippen LogP contribution >= 0.6 is 0 Å². The molecule has 0 aromatic heterocycles. The summed E-state index contributed by atoms with van der Waals surface area (Å²) in [7, 11) is 0. The number of benzene rings is 2. The molecule has 1 unspecified atom stereocenters. The van der Waals surface area contributed by atoms with E-state index in [9.17, 15) is 19.5 Å². The quantitative estimate of drug-likeness (QED) is 0.501. The van der Waals surface area contributed by atoms with Crippen LogP contribution in [0.25, 0.3) is 0 Å². The lowest BCUT2D eigenvalue weighted by Crippen LogP contribution is -2.59. The normalized spacial score (nSPS) is 29.7. The molecule has 1 spiro atoms. The number of carbonyl (C=O) groups excluding carboxylic acids is 3. The minimum atomic E-state index is -1.34. The van der Waals surface area contributed by atoms with E-state index < -0.39 is 35.6 Å². The average molecular weight is 584 g/mol. The smallest absolute Gasteiger partial charge is 0.253 e. The molecular weight excluding hydrogens is 542 g/mol. The summed E-state index contributed by atoms with van der Waals surface area (Å²) in [4.78, 5) is 49.0. The van der Waals surface area contributed by atoms with Gasteiger partial charge in [-0.15, -0.1) is 0 Å². The standard InChI is InChI=1S/C35H41N3O5/c1-5-22(2)26(21-39)38-31-34(42)37(30-23(3)12-9-13-24(30)4)19-11-17-35(31)29(33(38)41)28-27(43-35)16-10-18-36(32(28)40)20-25-14-7-6-8-15-25/h6-17,22,26-29,31,39H,5,18-21H2,1-4H3/t22-,26-,27-,28+,29-,31?,35-/m0/s1. The van der Waals surface area contributed by atoms with E-state index in [1.165, 1.54) is 0 Å². The predicted molar refractivity (Wildman–Crippen MR) is 164 cm³/mol. The lowest BCUT2D eigenvalue weighted by atomic mass is 9.77. The van der Waals surface area contributed by atoms with Gasteiger partial charge in [-0.2, -0.15) is 0 Å². The van der Waals surface area contributed by atoms with Gasteiger partial charge in [0.15, 0.2) is 0 Å². The maximum atomic E-state index is 14.8. The highest BCUT2D eigenvalue weighted by Gasteiger charge is 2.72. The Bertz CT molecular complexity index is 1450. The van der Waals surface area contributed by atoms with Gasteiger partial charge in [-0.05, 0) is 36.5 Å². The Labute approximate surface area is 253 Å². The van der Waals surface area contributed by atoms with E-state index in [4.69, 9.17) is 4.74 Å². The Balaban J connectivity index is 1.46. The molecule has 0 radical (unpaired) electrons. The fourth-order valence-corrected chi connectivity index (χ4v) is 7.68. The first-order chi connectivity index (χ1) is 20.7. The van der Waals surface area contributed by atoms with Crippen LogP contribution in [0.15, 0.2) is 72.8 Å². The summed E-state index contributed by atoms with van der Waals surface area (Å²) in [5.41, 5.74) is 2.38. The Hall–Kier alpha value is -3.75. The minimum Gasteiger partial charge on any atom is -0.394 e. The average Bonchev–Trinajstić information content (AvgIpc) is 3.32. The second kappa shape index (κ2) is 11.4. The molecule has 8 nitrogen and oxygen atoms in total. The first-order valence-corrected chi connectivity index (χ1v) is 15.4. The summed E-state index contributed by atoms with van der Waals surface area (Å²) in [6, 6.07) is 14.1. The third kappa shape index (κ3) is 4.62. The van der Waals surface area contributed by atoms with E-state index in [0.29, 0.717) is 26.1 Å². The van der Waals surface area contributed by atoms with Crippen LogP contribution in [0, 0.1) is 31.6 Å². The lowest BCUT2D eigenvalue weighted by Gasteiger charge is -2.40. The molecule has 7 atom stereocenters. The number of nitrogens with zero attached hydrogens (tertiary/aromatic N) is 3. The van der Waals surface area contributed by atoms with Crippen molar-refractivity contribution in [2.45, 2.75) is 64.4 Å². The van der Waals surface area contributed by atoms with E-state index in [2.05, 4.69) is 0 Å². The van der Waals surface area contributed by atoms with Gasteiger partial charge in [0.1, 0.15) is 11.6 Å². The second-order valence-electron chi connectivity index (χ2n) is 12.4. The Morgan fingerprint density at radius 3 is 2.35 bits per heavy atom. The summed E-state index contributed by atoms with van der Waals surface area (Å²) in [6.45, 7) is 8.80. The zero-order valence-electron chi connectivity index (χ0n) is 25.3. The second-order valence-corrected chi connectivity index (χ2v) is 12.4. The molecule has 4 aliphatic heterocycles. The van der Waals surface area contributed by atoms with Gasteiger partial charge in [0.2, 0.25) is 11.8 Å². The van der Waals surface area contributed by atoms with Crippen molar-refractivity contribution in [2.75, 3.05) is 24.6 Å². The number of aryl methyl sites for hydroxylation is 2. The van der Waals surface area contributed by atoms with Gasteiger partial charge in [-0.1, -0.05) is 93.1 Å². The fourth-order valence-electron chi connectivity index (χ4n) is 7.68. The van der Waals surface area contributed by atoms with Gasteiger partial charge >= 0.3 is 0 Å². The van der Waals surface area contributed by atoms with Crippen LogP contribution in [0.4, 0.5) is 5.69 Å². The number of anilines is 1. The number of carbonyl (C=O) groups is 3. The van der Waals surface area contributed by atoms with E-state index >= 15 is 0 Å². The Morgan fingerprint density at radius 2 is 1.67 bits per heavy atom. The molecule has 0 aliphatic carbocycles. The molecule has 43 heavy (non-hydrogen) atoms. The molecule has 2 fully saturated rings. The largest absolute Gasteiger partial charge is 0.394 e. The van der Waals surface area contributed by atoms with E-state index in [1.807, 2.05) is 101 Å². The third-order valence-corrected chi connectivity index (χ3v) is 9.95. The van der Waals surface area contributed by atoms with E-state index in [0.717, 1.165) is 22.4 Å². The summed E-state index contributed by atoms with van der Waals surface area (Å²) in [5, 5.41) is 10.7. The zero-order chi connectivity index (χ0) is 30.5. The van der Waals surface area contributed by atoms with Crippen molar-refractivity contribution in [2.24, 2.45) is 17.8 Å². The number of para-hydroxylation sites is 1. The molecule has 226 valence electrons. The molecule has 2 aromatic carbocycles. The summed E-state index contributed by atoms with van der Waals surface area (Å²) >= 11 is 0. The highest BCUT2D eigenvalue weighted by atomic mass is 16.5. The van der Waals surface area contributed by atoms with Crippen molar-refractivity contribution in [1.29, 1.82) is 0 Å². The molecule has 0 bridgehead atoms. The number of hydrogen-bond donors (Lipinski definition) is 1. The highest BCUT2D eigenvalue weighted by molar-refractivity contribution is 6.06. The monoisotopic (exact) mass is 583 g/mol. The van der Waals surface area contributed by atoms with Crippen LogP contribution in [0.3, 0.4) is 0 Å². The number of likely N-dealkylation sites (tertiary alicyclic amines) is 1. The molecular formula is C35H41N3O5. The van der Waals surface area contributed by atoms with Crippen molar-refractivity contribution in [1.82, 2.24) is 9.80 Å². The number of hydrogen-bond acceptors (Lipinski definition) is 5. The van der Waals surface area contributed by atoms with Crippen LogP contribution in [0.2, 0.25) is 0 Å². The van der Waals surface area contributed by atoms with Gasteiger partial charge in [0, 0.05) is 25.3 Å². The van der Waals surface area contributed by atoms with Crippen LogP contribution in [0.5, 0.6) is 0 Å². The van der Waals surface area contributed by atoms with Crippen LogP contribution in [-0.2, 0) is 25.7 Å². The van der Waals surface area contributed by atoms with Gasteiger partial charge < -0.3 is 24.5 Å². The lowest BCUT2D eigenvalue weighted by molar-refractivity contribution is -0.148. The minimum absolute atomic E-state index is 0.0754. The highest BCUT2D eigenvalue weighted by Crippen LogP contribution is 2.54. The van der Waals surface area contributed by atoms with Gasteiger partial charge in [-0.3, -0.25) is 14.4 Å². The molecule has 0 saturated carbocycles. The van der Waals surface area contributed by atoms with Crippen molar-refractivity contribution in [3.63, 3.8) is 0 Å². The third-order valence-electron chi connectivity index (χ3n) is 9.95. The fraction of sp³-hybridized carbons (Fsp3) is 0.457. The van der Waals surface area contributed by atoms with E-state index in [1.54, 1.807) is 14.7 Å². The summed E-state index contributed by atoms with van der Waals surface area (Å²) < 4.78 is 6.82. The molecule has 2 saturated heterocycles. The SMILES string of the molecule is CC[C@H](C)[C@H](CO)N1C(=O)[C@@H]2[C@@H]3C(=O)N(Cc4ccccc4)CC=C[C@@H]3O[C@@]23C=CCN(c2c(C)cccc2C)C(=O)C13. The van der Waals surface area contributed by atoms with Gasteiger partial charge in [0.05, 0.1) is 30.6 Å². The topological polar surface area (TPSA) is 90.4 Å². The van der Waals surface area contributed by atoms with E-state index in [-0.39, 0.29) is 30.2 Å². The molecule has 8 heteroatoms. The number of fused-ring (bicyclic) bond motifs is 2. The number of rotatable bonds is 7. The number of aliphatic hydroxyl groups is 1. The van der Waals surface area contributed by atoms with Crippen molar-refractivity contribution in [3.8, 4) is 0 Å². The maximum Gasteiger partial charge on any atom is 0.253 e. The molecule has 6 rings (SSSR count). The van der Waals surface area contributed by atoms with Crippen LogP contribution < -0.4 is 4.90 Å². The van der Waals surface area contributed by atoms with Crippen LogP contribution in [0.1, 0.15) is 37.0 Å². The zero-order valence-corrected chi connectivity index (χ0v) is 25.3. The molecule has 4 aliphatic rings. The number of aliphatic hydroxyl groups excluding tert-OH is 1. The first-order valence-electron chi connectivity index (χ1n) is 15.4. The Morgan fingerprint density at radius 1 is 0.953 bits per heavy atom. The summed E-state index contributed by atoms with van der Waals surface area (Å²) in [5.74, 6) is -2.48. The predicted octanol–water partition coefficient (Wildman–Crippen LogP) is 3.79. The summed E-state index contributed by atoms with van der Waals surface area (Å²) in [6.07, 6.45) is 7.66. The van der Waals surface area contributed by atoms with Gasteiger partial charge in [-0.25, -0.2) is 0 Å². The molecule has 3 amide bonds. The number of amides is 3.